The molecule has 2 rings (SSSR count). The van der Waals surface area contributed by atoms with Crippen LogP contribution in [0.25, 0.3) is 4.96 Å². The molecule has 2 N–H and O–H groups in total. The van der Waals surface area contributed by atoms with E-state index in [1.165, 1.54) is 11.3 Å². The van der Waals surface area contributed by atoms with Gasteiger partial charge in [0.25, 0.3) is 0 Å². The van der Waals surface area contributed by atoms with Crippen molar-refractivity contribution in [3.63, 3.8) is 0 Å². The lowest BCUT2D eigenvalue weighted by atomic mass is 9.93. The van der Waals surface area contributed by atoms with Crippen LogP contribution < -0.4 is 10.6 Å². The Labute approximate surface area is 129 Å². The highest BCUT2D eigenvalue weighted by Crippen LogP contribution is 2.26. The summed E-state index contributed by atoms with van der Waals surface area (Å²) >= 11 is 1.46. The van der Waals surface area contributed by atoms with Crippen LogP contribution in [0.1, 0.15) is 40.3 Å². The summed E-state index contributed by atoms with van der Waals surface area (Å²) in [5.41, 5.74) is 1.02. The molecule has 0 bridgehead atoms. The van der Waals surface area contributed by atoms with E-state index in [0.29, 0.717) is 5.13 Å². The van der Waals surface area contributed by atoms with Gasteiger partial charge in [0.05, 0.1) is 11.9 Å². The fourth-order valence-electron chi connectivity index (χ4n) is 1.94. The van der Waals surface area contributed by atoms with Gasteiger partial charge in [-0.25, -0.2) is 9.50 Å². The Morgan fingerprint density at radius 3 is 2.52 bits per heavy atom. The number of carbonyl (C=O) groups is 1. The summed E-state index contributed by atoms with van der Waals surface area (Å²) in [6.45, 7) is 10.4. The fraction of sp³-hybridized carbons (Fsp3) is 0.643. The van der Waals surface area contributed by atoms with Crippen LogP contribution in [0, 0.1) is 5.92 Å². The second-order valence-electron chi connectivity index (χ2n) is 6.49. The number of rotatable bonds is 4. The van der Waals surface area contributed by atoms with Crippen LogP contribution in [0.15, 0.2) is 6.20 Å². The zero-order chi connectivity index (χ0) is 15.8. The number of nitrogens with one attached hydrogen (secondary N) is 2. The molecule has 0 unspecified atom stereocenters. The summed E-state index contributed by atoms with van der Waals surface area (Å²) < 4.78 is 1.77. The Morgan fingerprint density at radius 2 is 2.05 bits per heavy atom. The zero-order valence-corrected chi connectivity index (χ0v) is 14.2. The number of likely N-dealkylation sites (N-methyl/N-ethyl adjacent to an activating group) is 1. The van der Waals surface area contributed by atoms with Crippen molar-refractivity contribution in [2.75, 3.05) is 12.4 Å². The van der Waals surface area contributed by atoms with Gasteiger partial charge in [0.15, 0.2) is 0 Å². The third kappa shape index (κ3) is 3.34. The van der Waals surface area contributed by atoms with Crippen molar-refractivity contribution in [3.8, 4) is 0 Å². The van der Waals surface area contributed by atoms with Crippen LogP contribution in [0.3, 0.4) is 0 Å². The van der Waals surface area contributed by atoms with E-state index < -0.39 is 0 Å². The lowest BCUT2D eigenvalue weighted by molar-refractivity contribution is -0.122. The molecule has 7 heteroatoms. The molecular formula is C14H23N5OS. The second-order valence-corrected chi connectivity index (χ2v) is 7.45. The molecule has 2 heterocycles. The minimum absolute atomic E-state index is 0.00355. The van der Waals surface area contributed by atoms with E-state index >= 15 is 0 Å². The summed E-state index contributed by atoms with van der Waals surface area (Å²) in [6, 6.07) is -0.298. The minimum atomic E-state index is -0.298. The fourth-order valence-corrected chi connectivity index (χ4v) is 2.76. The predicted octanol–water partition coefficient (Wildman–Crippen LogP) is 2.27. The topological polar surface area (TPSA) is 71.3 Å². The minimum Gasteiger partial charge on any atom is -0.357 e. The Kier molecular flexibility index (Phi) is 4.22. The summed E-state index contributed by atoms with van der Waals surface area (Å²) in [5, 5.41) is 11.0. The third-order valence-corrected chi connectivity index (χ3v) is 4.14. The average Bonchev–Trinajstić information content (AvgIpc) is 2.91. The van der Waals surface area contributed by atoms with Crippen molar-refractivity contribution in [3.05, 3.63) is 11.9 Å². The Morgan fingerprint density at radius 1 is 1.38 bits per heavy atom. The van der Waals surface area contributed by atoms with Crippen molar-refractivity contribution in [1.29, 1.82) is 0 Å². The molecular weight excluding hydrogens is 286 g/mol. The molecule has 2 aromatic heterocycles. The van der Waals surface area contributed by atoms with Gasteiger partial charge in [-0.1, -0.05) is 46.0 Å². The van der Waals surface area contributed by atoms with E-state index in [-0.39, 0.29) is 23.3 Å². The van der Waals surface area contributed by atoms with Gasteiger partial charge < -0.3 is 10.6 Å². The molecule has 0 aliphatic carbocycles. The van der Waals surface area contributed by atoms with Crippen molar-refractivity contribution in [2.24, 2.45) is 5.92 Å². The molecule has 0 fully saturated rings. The number of amides is 1. The molecule has 0 saturated carbocycles. The molecule has 0 saturated heterocycles. The van der Waals surface area contributed by atoms with Crippen LogP contribution in [-0.4, -0.2) is 33.6 Å². The maximum Gasteiger partial charge on any atom is 0.242 e. The highest BCUT2D eigenvalue weighted by Gasteiger charge is 2.23. The van der Waals surface area contributed by atoms with E-state index in [0.717, 1.165) is 10.7 Å². The van der Waals surface area contributed by atoms with Crippen LogP contribution in [-0.2, 0) is 10.2 Å². The SMILES string of the molecule is CNC(=O)[C@@H](Nc1nn2cc(C(C)(C)C)nc2s1)C(C)C. The smallest absolute Gasteiger partial charge is 0.242 e. The van der Waals surface area contributed by atoms with Crippen LogP contribution in [0.4, 0.5) is 5.13 Å². The monoisotopic (exact) mass is 309 g/mol. The van der Waals surface area contributed by atoms with Crippen molar-refractivity contribution in [1.82, 2.24) is 19.9 Å². The highest BCUT2D eigenvalue weighted by molar-refractivity contribution is 7.20. The predicted molar refractivity (Wildman–Crippen MR) is 85.9 cm³/mol. The molecule has 1 amide bonds. The third-order valence-electron chi connectivity index (χ3n) is 3.29. The van der Waals surface area contributed by atoms with Gasteiger partial charge in [0.2, 0.25) is 16.0 Å². The number of carbonyl (C=O) groups excluding carboxylic acids is 1. The van der Waals surface area contributed by atoms with E-state index in [1.54, 1.807) is 11.6 Å². The number of fused-ring (bicyclic) bond motifs is 1. The zero-order valence-electron chi connectivity index (χ0n) is 13.4. The van der Waals surface area contributed by atoms with Gasteiger partial charge in [-0.3, -0.25) is 4.79 Å². The first kappa shape index (κ1) is 15.8. The van der Waals surface area contributed by atoms with Crippen LogP contribution >= 0.6 is 11.3 Å². The number of imidazole rings is 1. The van der Waals surface area contributed by atoms with Crippen molar-refractivity contribution < 1.29 is 4.79 Å². The number of hydrogen-bond acceptors (Lipinski definition) is 5. The standard InChI is InChI=1S/C14H23N5OS/c1-8(2)10(11(20)15-6)17-12-18-19-7-9(14(3,4)5)16-13(19)21-12/h7-8,10H,1-6H3,(H,15,20)(H,17,18)/t10-/m0/s1. The van der Waals surface area contributed by atoms with Crippen molar-refractivity contribution >= 4 is 27.3 Å². The van der Waals surface area contributed by atoms with Gasteiger partial charge in [-0.05, 0) is 5.92 Å². The van der Waals surface area contributed by atoms with Gasteiger partial charge in [0.1, 0.15) is 6.04 Å². The first-order chi connectivity index (χ1) is 9.72. The van der Waals surface area contributed by atoms with Gasteiger partial charge >= 0.3 is 0 Å². The average molecular weight is 309 g/mol. The summed E-state index contributed by atoms with van der Waals surface area (Å²) in [7, 11) is 1.64. The lowest BCUT2D eigenvalue weighted by Crippen LogP contribution is -2.41. The Hall–Kier alpha value is -1.63. The molecule has 0 aromatic carbocycles. The lowest BCUT2D eigenvalue weighted by Gasteiger charge is -2.19. The van der Waals surface area contributed by atoms with E-state index in [4.69, 9.17) is 0 Å². The number of anilines is 1. The molecule has 6 nitrogen and oxygen atoms in total. The molecule has 2 aromatic rings. The first-order valence-corrected chi connectivity index (χ1v) is 7.89. The van der Waals surface area contributed by atoms with E-state index in [9.17, 15) is 4.79 Å². The first-order valence-electron chi connectivity index (χ1n) is 7.07. The van der Waals surface area contributed by atoms with Gasteiger partial charge in [-0.15, -0.1) is 5.10 Å². The normalized spacial score (nSPS) is 13.7. The molecule has 1 atom stereocenters. The maximum atomic E-state index is 11.9. The van der Waals surface area contributed by atoms with Gasteiger partial charge in [0, 0.05) is 12.5 Å². The summed E-state index contributed by atoms with van der Waals surface area (Å²) in [5.74, 6) is 0.138. The van der Waals surface area contributed by atoms with E-state index in [1.807, 2.05) is 20.0 Å². The summed E-state index contributed by atoms with van der Waals surface area (Å²) in [4.78, 5) is 17.3. The van der Waals surface area contributed by atoms with Gasteiger partial charge in [-0.2, -0.15) is 0 Å². The highest BCUT2D eigenvalue weighted by atomic mass is 32.1. The Balaban J connectivity index is 2.23. The second kappa shape index (κ2) is 5.63. The molecule has 21 heavy (non-hydrogen) atoms. The van der Waals surface area contributed by atoms with Crippen LogP contribution in [0.2, 0.25) is 0 Å². The molecule has 116 valence electrons. The number of hydrogen-bond donors (Lipinski definition) is 2. The molecule has 0 aliphatic heterocycles. The van der Waals surface area contributed by atoms with Crippen molar-refractivity contribution in [2.45, 2.75) is 46.1 Å². The quantitative estimate of drug-likeness (QED) is 0.909. The number of nitrogens with zero attached hydrogens (tertiary/aromatic N) is 3. The van der Waals surface area contributed by atoms with Crippen LogP contribution in [0.5, 0.6) is 0 Å². The Bertz CT molecular complexity index is 606. The molecule has 0 spiro atoms. The molecule has 0 aliphatic rings. The molecule has 0 radical (unpaired) electrons. The maximum absolute atomic E-state index is 11.9. The number of aromatic nitrogens is 3. The largest absolute Gasteiger partial charge is 0.357 e. The van der Waals surface area contributed by atoms with E-state index in [2.05, 4.69) is 41.5 Å². The summed E-state index contributed by atoms with van der Waals surface area (Å²) in [6.07, 6.45) is 1.95.